The predicted molar refractivity (Wildman–Crippen MR) is 74.9 cm³/mol. The van der Waals surface area contributed by atoms with Gasteiger partial charge in [0.25, 0.3) is 0 Å². The van der Waals surface area contributed by atoms with Crippen molar-refractivity contribution in [1.29, 1.82) is 0 Å². The van der Waals surface area contributed by atoms with Gasteiger partial charge in [0.05, 0.1) is 17.8 Å². The Bertz CT molecular complexity index is 415. The zero-order valence-corrected chi connectivity index (χ0v) is 12.4. The van der Waals surface area contributed by atoms with Gasteiger partial charge in [0.2, 0.25) is 11.8 Å². The van der Waals surface area contributed by atoms with Gasteiger partial charge in [-0.25, -0.2) is 4.98 Å². The molecule has 1 saturated heterocycles. The van der Waals surface area contributed by atoms with Crippen molar-refractivity contribution in [3.8, 4) is 5.88 Å². The Kier molecular flexibility index (Phi) is 4.40. The fourth-order valence-corrected chi connectivity index (χ4v) is 2.63. The molecule has 2 heterocycles. The molecule has 18 heavy (non-hydrogen) atoms. The van der Waals surface area contributed by atoms with Crippen molar-refractivity contribution in [3.05, 3.63) is 10.7 Å². The first-order valence-corrected chi connectivity index (χ1v) is 6.98. The smallest absolute Gasteiger partial charge is 0.232 e. The van der Waals surface area contributed by atoms with Crippen LogP contribution >= 0.6 is 15.9 Å². The van der Waals surface area contributed by atoms with Gasteiger partial charge in [-0.1, -0.05) is 0 Å². The maximum atomic E-state index is 5.77. The third kappa shape index (κ3) is 2.75. The van der Waals surface area contributed by atoms with E-state index >= 15 is 0 Å². The summed E-state index contributed by atoms with van der Waals surface area (Å²) in [6.07, 6.45) is 4.05. The van der Waals surface area contributed by atoms with Crippen LogP contribution in [0.25, 0.3) is 0 Å². The second-order valence-corrected chi connectivity index (χ2v) is 5.56. The number of aromatic nitrogens is 2. The van der Waals surface area contributed by atoms with E-state index in [-0.39, 0.29) is 0 Å². The second-order valence-electron chi connectivity index (χ2n) is 4.71. The van der Waals surface area contributed by atoms with E-state index in [0.717, 1.165) is 29.9 Å². The van der Waals surface area contributed by atoms with E-state index in [1.54, 1.807) is 13.3 Å². The number of anilines is 1. The quantitative estimate of drug-likeness (QED) is 0.921. The van der Waals surface area contributed by atoms with Crippen LogP contribution in [-0.2, 0) is 0 Å². The number of hydrogen-bond donors (Lipinski definition) is 1. The second kappa shape index (κ2) is 5.84. The zero-order valence-electron chi connectivity index (χ0n) is 10.8. The maximum absolute atomic E-state index is 5.77. The minimum absolute atomic E-state index is 0.443. The number of ether oxygens (including phenoxy) is 1. The maximum Gasteiger partial charge on any atom is 0.232 e. The largest absolute Gasteiger partial charge is 0.480 e. The third-order valence-electron chi connectivity index (χ3n) is 3.46. The van der Waals surface area contributed by atoms with Gasteiger partial charge in [-0.3, -0.25) is 0 Å². The molecule has 0 bridgehead atoms. The summed E-state index contributed by atoms with van der Waals surface area (Å²) < 4.78 is 5.99. The first-order valence-electron chi connectivity index (χ1n) is 6.19. The average Bonchev–Trinajstić information content (AvgIpc) is 2.40. The highest BCUT2D eigenvalue weighted by Gasteiger charge is 2.27. The molecule has 2 unspecified atom stereocenters. The summed E-state index contributed by atoms with van der Waals surface area (Å²) in [5.41, 5.74) is 5.77. The summed E-state index contributed by atoms with van der Waals surface area (Å²) in [7, 11) is 1.61. The number of nitrogens with two attached hydrogens (primary N) is 1. The Balaban J connectivity index is 2.23. The third-order valence-corrected chi connectivity index (χ3v) is 4.01. The van der Waals surface area contributed by atoms with Crippen LogP contribution < -0.4 is 15.4 Å². The van der Waals surface area contributed by atoms with Gasteiger partial charge in [-0.05, 0) is 48.2 Å². The lowest BCUT2D eigenvalue weighted by atomic mass is 9.94. The molecule has 0 radical (unpaired) electrons. The molecule has 0 aromatic carbocycles. The summed E-state index contributed by atoms with van der Waals surface area (Å²) >= 11 is 3.37. The summed E-state index contributed by atoms with van der Waals surface area (Å²) in [5.74, 6) is 1.82. The van der Waals surface area contributed by atoms with Crippen molar-refractivity contribution in [3.63, 3.8) is 0 Å². The molecule has 1 aromatic heterocycles. The molecule has 2 rings (SSSR count). The molecular weight excluding hydrogens is 296 g/mol. The van der Waals surface area contributed by atoms with Gasteiger partial charge in [-0.2, -0.15) is 4.98 Å². The van der Waals surface area contributed by atoms with Crippen LogP contribution in [0.1, 0.15) is 19.8 Å². The minimum Gasteiger partial charge on any atom is -0.480 e. The van der Waals surface area contributed by atoms with E-state index in [9.17, 15) is 0 Å². The van der Waals surface area contributed by atoms with Gasteiger partial charge in [-0.15, -0.1) is 0 Å². The van der Waals surface area contributed by atoms with Crippen molar-refractivity contribution in [2.24, 2.45) is 11.7 Å². The van der Waals surface area contributed by atoms with Gasteiger partial charge in [0.1, 0.15) is 0 Å². The Labute approximate surface area is 116 Å². The topological polar surface area (TPSA) is 64.3 Å². The fourth-order valence-electron chi connectivity index (χ4n) is 2.28. The molecule has 0 amide bonds. The number of hydrogen-bond acceptors (Lipinski definition) is 5. The van der Waals surface area contributed by atoms with E-state index in [4.69, 9.17) is 10.5 Å². The van der Waals surface area contributed by atoms with Crippen molar-refractivity contribution in [2.45, 2.75) is 25.8 Å². The molecule has 2 N–H and O–H groups in total. The molecular formula is C12H19BrN4O. The molecule has 0 spiro atoms. The Morgan fingerprint density at radius 1 is 1.56 bits per heavy atom. The Morgan fingerprint density at radius 3 is 3.00 bits per heavy atom. The molecule has 2 atom stereocenters. The molecule has 1 aromatic rings. The van der Waals surface area contributed by atoms with Crippen molar-refractivity contribution >= 4 is 21.9 Å². The molecule has 0 saturated carbocycles. The van der Waals surface area contributed by atoms with E-state index in [0.29, 0.717) is 17.8 Å². The number of halogens is 1. The fraction of sp³-hybridized carbons (Fsp3) is 0.667. The van der Waals surface area contributed by atoms with Crippen LogP contribution in [0.15, 0.2) is 10.7 Å². The van der Waals surface area contributed by atoms with Gasteiger partial charge >= 0.3 is 0 Å². The lowest BCUT2D eigenvalue weighted by molar-refractivity contribution is 0.363. The van der Waals surface area contributed by atoms with Crippen molar-refractivity contribution in [1.82, 2.24) is 9.97 Å². The van der Waals surface area contributed by atoms with Crippen molar-refractivity contribution in [2.75, 3.05) is 25.1 Å². The lowest BCUT2D eigenvalue weighted by Gasteiger charge is -2.37. The first kappa shape index (κ1) is 13.5. The zero-order chi connectivity index (χ0) is 13.1. The number of piperidine rings is 1. The molecule has 5 nitrogen and oxygen atoms in total. The summed E-state index contributed by atoms with van der Waals surface area (Å²) in [5, 5.41) is 0. The number of nitrogens with zero attached hydrogens (tertiary/aromatic N) is 3. The molecule has 6 heteroatoms. The molecule has 0 aliphatic carbocycles. The SMILES string of the molecule is COc1nc(N2CC(CN)CCC2C)ncc1Br. The summed E-state index contributed by atoms with van der Waals surface area (Å²) in [6.45, 7) is 3.84. The van der Waals surface area contributed by atoms with Crippen LogP contribution in [0, 0.1) is 5.92 Å². The minimum atomic E-state index is 0.443. The average molecular weight is 315 g/mol. The van der Waals surface area contributed by atoms with Crippen LogP contribution in [0.4, 0.5) is 5.95 Å². The molecule has 1 aliphatic heterocycles. The van der Waals surface area contributed by atoms with E-state index in [1.807, 2.05) is 0 Å². The van der Waals surface area contributed by atoms with Gasteiger partial charge < -0.3 is 15.4 Å². The van der Waals surface area contributed by atoms with Crippen LogP contribution in [0.5, 0.6) is 5.88 Å². The molecule has 1 aliphatic rings. The number of methoxy groups -OCH3 is 1. The summed E-state index contributed by atoms with van der Waals surface area (Å²) in [6, 6.07) is 0.443. The van der Waals surface area contributed by atoms with Gasteiger partial charge in [0.15, 0.2) is 0 Å². The summed E-state index contributed by atoms with van der Waals surface area (Å²) in [4.78, 5) is 11.0. The first-order chi connectivity index (χ1) is 8.65. The highest BCUT2D eigenvalue weighted by atomic mass is 79.9. The van der Waals surface area contributed by atoms with E-state index in [1.165, 1.54) is 6.42 Å². The van der Waals surface area contributed by atoms with Crippen LogP contribution in [-0.4, -0.2) is 36.2 Å². The highest BCUT2D eigenvalue weighted by Crippen LogP contribution is 2.28. The normalized spacial score (nSPS) is 24.1. The van der Waals surface area contributed by atoms with Crippen molar-refractivity contribution < 1.29 is 4.74 Å². The standard InChI is InChI=1S/C12H19BrN4O/c1-8-3-4-9(5-14)7-17(8)12-15-6-10(13)11(16-12)18-2/h6,8-9H,3-5,7,14H2,1-2H3. The Hall–Kier alpha value is -0.880. The monoisotopic (exact) mass is 314 g/mol. The molecule has 1 fully saturated rings. The Morgan fingerprint density at radius 2 is 2.33 bits per heavy atom. The van der Waals surface area contributed by atoms with Crippen LogP contribution in [0.2, 0.25) is 0 Å². The van der Waals surface area contributed by atoms with E-state index < -0.39 is 0 Å². The lowest BCUT2D eigenvalue weighted by Crippen LogP contribution is -2.44. The number of rotatable bonds is 3. The molecule has 100 valence electrons. The van der Waals surface area contributed by atoms with Crippen LogP contribution in [0.3, 0.4) is 0 Å². The van der Waals surface area contributed by atoms with Gasteiger partial charge in [0, 0.05) is 12.6 Å². The highest BCUT2D eigenvalue weighted by molar-refractivity contribution is 9.10. The van der Waals surface area contributed by atoms with E-state index in [2.05, 4.69) is 37.7 Å². The predicted octanol–water partition coefficient (Wildman–Crippen LogP) is 1.81.